The summed E-state index contributed by atoms with van der Waals surface area (Å²) in [5.74, 6) is 0.577. The van der Waals surface area contributed by atoms with Gasteiger partial charge in [-0.2, -0.15) is 4.98 Å². The molecule has 1 aromatic carbocycles. The number of carbonyl (C=O) groups excluding carboxylic acids is 1. The molecule has 0 bridgehead atoms. The van der Waals surface area contributed by atoms with Crippen molar-refractivity contribution in [2.45, 2.75) is 38.6 Å². The average molecular weight is 448 g/mol. The van der Waals surface area contributed by atoms with Crippen LogP contribution in [-0.4, -0.2) is 65.6 Å². The molecule has 2 aromatic heterocycles. The highest BCUT2D eigenvalue weighted by Gasteiger charge is 2.29. The number of amides is 1. The standard InChI is InChI=1S/C25H33N7O/c1-17-21-16-27-25(28-18-8-10-19(11-9-18)31-14-12-26-13-15-31)29-23(21)32(20-6-4-5-7-20)22(17)24(33)30(2)3/h8-11,16,20,26H,4-7,12-15H2,1-3H3,(H,27,28,29). The van der Waals surface area contributed by atoms with Crippen LogP contribution in [0, 0.1) is 6.92 Å². The first-order chi connectivity index (χ1) is 16.0. The maximum absolute atomic E-state index is 13.1. The van der Waals surface area contributed by atoms with E-state index >= 15 is 0 Å². The van der Waals surface area contributed by atoms with E-state index in [1.165, 1.54) is 18.5 Å². The molecule has 33 heavy (non-hydrogen) atoms. The van der Waals surface area contributed by atoms with E-state index in [4.69, 9.17) is 4.98 Å². The Hall–Kier alpha value is -3.13. The van der Waals surface area contributed by atoms with Gasteiger partial charge in [-0.25, -0.2) is 4.98 Å². The predicted molar refractivity (Wildman–Crippen MR) is 133 cm³/mol. The van der Waals surface area contributed by atoms with Crippen molar-refractivity contribution in [2.75, 3.05) is 50.5 Å². The fraction of sp³-hybridized carbons (Fsp3) is 0.480. The molecule has 3 heterocycles. The highest BCUT2D eigenvalue weighted by atomic mass is 16.2. The van der Waals surface area contributed by atoms with Gasteiger partial charge in [0.15, 0.2) is 0 Å². The van der Waals surface area contributed by atoms with Crippen LogP contribution in [0.15, 0.2) is 30.5 Å². The van der Waals surface area contributed by atoms with Crippen molar-refractivity contribution >= 4 is 34.3 Å². The second-order valence-corrected chi connectivity index (χ2v) is 9.32. The quantitative estimate of drug-likeness (QED) is 0.621. The van der Waals surface area contributed by atoms with Crippen LogP contribution in [-0.2, 0) is 0 Å². The summed E-state index contributed by atoms with van der Waals surface area (Å²) in [5, 5.41) is 7.70. The summed E-state index contributed by atoms with van der Waals surface area (Å²) in [7, 11) is 3.61. The van der Waals surface area contributed by atoms with Gasteiger partial charge in [-0.3, -0.25) is 4.79 Å². The lowest BCUT2D eigenvalue weighted by molar-refractivity contribution is 0.0814. The zero-order chi connectivity index (χ0) is 22.9. The van der Waals surface area contributed by atoms with Crippen LogP contribution in [0.1, 0.15) is 47.8 Å². The summed E-state index contributed by atoms with van der Waals surface area (Å²) in [6, 6.07) is 8.75. The minimum absolute atomic E-state index is 0.0235. The molecule has 1 saturated heterocycles. The van der Waals surface area contributed by atoms with Gasteiger partial charge >= 0.3 is 0 Å². The molecule has 8 heteroatoms. The SMILES string of the molecule is Cc1c(C(=O)N(C)C)n(C2CCCC2)c2nc(Nc3ccc(N4CCNCC4)cc3)ncc12. The highest BCUT2D eigenvalue weighted by Crippen LogP contribution is 2.37. The fourth-order valence-electron chi connectivity index (χ4n) is 5.10. The highest BCUT2D eigenvalue weighted by molar-refractivity contribution is 6.00. The van der Waals surface area contributed by atoms with Crippen molar-refractivity contribution in [3.05, 3.63) is 41.7 Å². The van der Waals surface area contributed by atoms with Gasteiger partial charge in [-0.05, 0) is 49.6 Å². The number of aryl methyl sites for hydroxylation is 1. The number of fused-ring (bicyclic) bond motifs is 1. The lowest BCUT2D eigenvalue weighted by Gasteiger charge is -2.29. The maximum atomic E-state index is 13.1. The first-order valence-electron chi connectivity index (χ1n) is 11.9. The number of hydrogen-bond donors (Lipinski definition) is 2. The van der Waals surface area contributed by atoms with E-state index in [0.29, 0.717) is 12.0 Å². The van der Waals surface area contributed by atoms with Crippen LogP contribution in [0.5, 0.6) is 0 Å². The zero-order valence-corrected chi connectivity index (χ0v) is 19.8. The first-order valence-corrected chi connectivity index (χ1v) is 11.9. The van der Waals surface area contributed by atoms with Gasteiger partial charge in [-0.15, -0.1) is 0 Å². The number of rotatable bonds is 5. The lowest BCUT2D eigenvalue weighted by Crippen LogP contribution is -2.43. The molecule has 0 atom stereocenters. The van der Waals surface area contributed by atoms with E-state index in [-0.39, 0.29) is 5.91 Å². The molecule has 2 fully saturated rings. The van der Waals surface area contributed by atoms with E-state index in [1.54, 1.807) is 19.0 Å². The zero-order valence-electron chi connectivity index (χ0n) is 19.8. The van der Waals surface area contributed by atoms with Gasteiger partial charge in [0.25, 0.3) is 5.91 Å². The summed E-state index contributed by atoms with van der Waals surface area (Å²) < 4.78 is 2.18. The Morgan fingerprint density at radius 1 is 1.12 bits per heavy atom. The molecule has 5 rings (SSSR count). The number of piperazine rings is 1. The van der Waals surface area contributed by atoms with E-state index in [9.17, 15) is 4.79 Å². The summed E-state index contributed by atoms with van der Waals surface area (Å²) in [6.07, 6.45) is 6.39. The Bertz CT molecular complexity index is 1140. The molecule has 3 aromatic rings. The van der Waals surface area contributed by atoms with Crippen molar-refractivity contribution in [3.8, 4) is 0 Å². The molecule has 2 aliphatic rings. The van der Waals surface area contributed by atoms with E-state index in [1.807, 2.05) is 13.1 Å². The van der Waals surface area contributed by atoms with Crippen LogP contribution in [0.2, 0.25) is 0 Å². The third kappa shape index (κ3) is 4.15. The number of hydrogen-bond acceptors (Lipinski definition) is 6. The van der Waals surface area contributed by atoms with E-state index < -0.39 is 0 Å². The Morgan fingerprint density at radius 3 is 2.48 bits per heavy atom. The number of carbonyl (C=O) groups is 1. The van der Waals surface area contributed by atoms with Gasteiger partial charge in [-0.1, -0.05) is 12.8 Å². The third-order valence-electron chi connectivity index (χ3n) is 6.90. The second kappa shape index (κ2) is 9.02. The van der Waals surface area contributed by atoms with E-state index in [0.717, 1.165) is 67.0 Å². The molecule has 0 radical (unpaired) electrons. The fourth-order valence-corrected chi connectivity index (χ4v) is 5.10. The third-order valence-corrected chi connectivity index (χ3v) is 6.90. The minimum atomic E-state index is 0.0235. The van der Waals surface area contributed by atoms with Crippen LogP contribution in [0.4, 0.5) is 17.3 Å². The summed E-state index contributed by atoms with van der Waals surface area (Å²) in [5.41, 5.74) is 4.74. The topological polar surface area (TPSA) is 78.3 Å². The lowest BCUT2D eigenvalue weighted by atomic mass is 10.2. The normalized spacial score (nSPS) is 17.0. The number of nitrogens with zero attached hydrogens (tertiary/aromatic N) is 5. The van der Waals surface area contributed by atoms with Crippen molar-refractivity contribution < 1.29 is 4.79 Å². The van der Waals surface area contributed by atoms with Gasteiger partial charge in [0.2, 0.25) is 5.95 Å². The molecule has 1 aliphatic carbocycles. The van der Waals surface area contributed by atoms with Gasteiger partial charge in [0, 0.05) is 69.3 Å². The van der Waals surface area contributed by atoms with Crippen molar-refractivity contribution in [1.29, 1.82) is 0 Å². The summed E-state index contributed by atoms with van der Waals surface area (Å²) in [4.78, 5) is 26.6. The summed E-state index contributed by atoms with van der Waals surface area (Å²) >= 11 is 0. The number of anilines is 3. The molecule has 1 saturated carbocycles. The van der Waals surface area contributed by atoms with Crippen LogP contribution < -0.4 is 15.5 Å². The van der Waals surface area contributed by atoms with E-state index in [2.05, 4.69) is 49.4 Å². The maximum Gasteiger partial charge on any atom is 0.270 e. The predicted octanol–water partition coefficient (Wildman–Crippen LogP) is 3.71. The molecule has 0 spiro atoms. The average Bonchev–Trinajstić information content (AvgIpc) is 3.46. The molecular weight excluding hydrogens is 414 g/mol. The van der Waals surface area contributed by atoms with Crippen molar-refractivity contribution in [3.63, 3.8) is 0 Å². The van der Waals surface area contributed by atoms with Crippen LogP contribution >= 0.6 is 0 Å². The number of benzene rings is 1. The molecule has 2 N–H and O–H groups in total. The second-order valence-electron chi connectivity index (χ2n) is 9.32. The first kappa shape index (κ1) is 21.7. The molecule has 1 aliphatic heterocycles. The van der Waals surface area contributed by atoms with Gasteiger partial charge in [0.1, 0.15) is 11.3 Å². The Morgan fingerprint density at radius 2 is 1.82 bits per heavy atom. The minimum Gasteiger partial charge on any atom is -0.369 e. The Balaban J connectivity index is 1.47. The van der Waals surface area contributed by atoms with Crippen molar-refractivity contribution in [2.24, 2.45) is 0 Å². The smallest absolute Gasteiger partial charge is 0.270 e. The molecule has 8 nitrogen and oxygen atoms in total. The van der Waals surface area contributed by atoms with Gasteiger partial charge in [0.05, 0.1) is 0 Å². The monoisotopic (exact) mass is 447 g/mol. The Kier molecular flexibility index (Phi) is 5.93. The van der Waals surface area contributed by atoms with Crippen LogP contribution in [0.25, 0.3) is 11.0 Å². The molecule has 1 amide bonds. The number of nitrogens with one attached hydrogen (secondary N) is 2. The molecular formula is C25H33N7O. The van der Waals surface area contributed by atoms with Gasteiger partial charge < -0.3 is 25.0 Å². The number of aromatic nitrogens is 3. The van der Waals surface area contributed by atoms with Crippen molar-refractivity contribution in [1.82, 2.24) is 24.8 Å². The largest absolute Gasteiger partial charge is 0.369 e. The Labute approximate surface area is 195 Å². The van der Waals surface area contributed by atoms with Crippen LogP contribution in [0.3, 0.4) is 0 Å². The summed E-state index contributed by atoms with van der Waals surface area (Å²) in [6.45, 7) is 6.10. The molecule has 174 valence electrons. The molecule has 0 unspecified atom stereocenters.